The molecule has 1 heterocycles. The summed E-state index contributed by atoms with van der Waals surface area (Å²) in [7, 11) is 3.03. The van der Waals surface area contributed by atoms with E-state index in [0.717, 1.165) is 4.90 Å². The predicted octanol–water partition coefficient (Wildman–Crippen LogP) is 1.93. The lowest BCUT2D eigenvalue weighted by molar-refractivity contribution is -0.121. The van der Waals surface area contributed by atoms with Crippen molar-refractivity contribution in [3.63, 3.8) is 0 Å². The Morgan fingerprint density at radius 1 is 1.03 bits per heavy atom. The molecule has 8 nitrogen and oxygen atoms in total. The first-order valence-electron chi connectivity index (χ1n) is 9.58. The Labute approximate surface area is 174 Å². The Kier molecular flexibility index (Phi) is 6.68. The lowest BCUT2D eigenvalue weighted by Gasteiger charge is -2.16. The summed E-state index contributed by atoms with van der Waals surface area (Å²) in [6.07, 6.45) is -0.444. The molecule has 0 saturated heterocycles. The van der Waals surface area contributed by atoms with Crippen LogP contribution < -0.4 is 14.8 Å². The fourth-order valence-corrected chi connectivity index (χ4v) is 3.32. The van der Waals surface area contributed by atoms with Crippen LogP contribution in [-0.2, 0) is 4.79 Å². The molecule has 30 heavy (non-hydrogen) atoms. The van der Waals surface area contributed by atoms with E-state index in [2.05, 4.69) is 5.32 Å². The van der Waals surface area contributed by atoms with Crippen molar-refractivity contribution >= 4 is 17.7 Å². The molecule has 0 radical (unpaired) electrons. The number of fused-ring (bicyclic) bond motifs is 1. The summed E-state index contributed by atoms with van der Waals surface area (Å²) in [5.74, 6) is 0.0952. The number of rotatable bonds is 9. The molecule has 0 aliphatic carbocycles. The molecule has 0 fully saturated rings. The van der Waals surface area contributed by atoms with Crippen molar-refractivity contribution in [3.8, 4) is 11.5 Å². The van der Waals surface area contributed by atoms with E-state index in [1.807, 2.05) is 0 Å². The van der Waals surface area contributed by atoms with Gasteiger partial charge in [0.25, 0.3) is 11.8 Å². The Morgan fingerprint density at radius 2 is 1.67 bits per heavy atom. The number of imide groups is 1. The van der Waals surface area contributed by atoms with Crippen LogP contribution in [0.5, 0.6) is 11.5 Å². The summed E-state index contributed by atoms with van der Waals surface area (Å²) < 4.78 is 10.4. The molecule has 158 valence electrons. The number of benzene rings is 2. The lowest BCUT2D eigenvalue weighted by Crippen LogP contribution is -2.32. The molecule has 1 aliphatic rings. The second-order valence-corrected chi connectivity index (χ2v) is 6.85. The summed E-state index contributed by atoms with van der Waals surface area (Å²) in [5.41, 5.74) is 1.37. The highest BCUT2D eigenvalue weighted by Crippen LogP contribution is 2.29. The maximum atomic E-state index is 12.3. The number of amides is 3. The first-order valence-corrected chi connectivity index (χ1v) is 9.58. The fraction of sp³-hybridized carbons (Fsp3) is 0.318. The Bertz CT molecular complexity index is 923. The summed E-state index contributed by atoms with van der Waals surface area (Å²) in [5, 5.41) is 13.0. The minimum Gasteiger partial charge on any atom is -0.493 e. The van der Waals surface area contributed by atoms with Crippen LogP contribution in [0.4, 0.5) is 0 Å². The molecule has 2 N–H and O–H groups in total. The zero-order valence-corrected chi connectivity index (χ0v) is 16.9. The van der Waals surface area contributed by atoms with Gasteiger partial charge in [-0.15, -0.1) is 0 Å². The monoisotopic (exact) mass is 412 g/mol. The molecule has 0 spiro atoms. The van der Waals surface area contributed by atoms with Crippen LogP contribution >= 0.6 is 0 Å². The third kappa shape index (κ3) is 4.44. The number of carbonyl (C=O) groups excluding carboxylic acids is 3. The van der Waals surface area contributed by atoms with E-state index in [9.17, 15) is 19.5 Å². The van der Waals surface area contributed by atoms with Crippen molar-refractivity contribution in [1.29, 1.82) is 0 Å². The highest BCUT2D eigenvalue weighted by atomic mass is 16.5. The number of ether oxygens (including phenoxy) is 2. The van der Waals surface area contributed by atoms with E-state index in [4.69, 9.17) is 9.47 Å². The average Bonchev–Trinajstić information content (AvgIpc) is 3.02. The Balaban J connectivity index is 1.46. The first-order chi connectivity index (χ1) is 14.5. The first kappa shape index (κ1) is 21.3. The van der Waals surface area contributed by atoms with Gasteiger partial charge in [0.05, 0.1) is 31.5 Å². The van der Waals surface area contributed by atoms with E-state index in [1.54, 1.807) is 42.5 Å². The van der Waals surface area contributed by atoms with Crippen molar-refractivity contribution in [2.45, 2.75) is 18.9 Å². The number of aliphatic hydroxyl groups is 1. The minimum absolute atomic E-state index is 0.0291. The normalized spacial score (nSPS) is 13.8. The van der Waals surface area contributed by atoms with Gasteiger partial charge in [-0.3, -0.25) is 19.3 Å². The zero-order valence-electron chi connectivity index (χ0n) is 16.9. The number of carbonyl (C=O) groups is 3. The van der Waals surface area contributed by atoms with Gasteiger partial charge in [-0.25, -0.2) is 0 Å². The molecule has 0 bridgehead atoms. The molecule has 3 amide bonds. The van der Waals surface area contributed by atoms with Crippen LogP contribution in [0.3, 0.4) is 0 Å². The number of nitrogens with one attached hydrogen (secondary N) is 1. The lowest BCUT2D eigenvalue weighted by atomic mass is 10.1. The van der Waals surface area contributed by atoms with Crippen molar-refractivity contribution in [2.75, 3.05) is 27.3 Å². The standard InChI is InChI=1S/C22H24N2O6/c1-29-18-10-9-14(12-19(18)30-2)17(25)13-23-20(26)8-5-11-24-21(27)15-6-3-4-7-16(15)22(24)28/h3-4,6-7,9-10,12,17,25H,5,8,11,13H2,1-2H3,(H,23,26). The molecule has 1 unspecified atom stereocenters. The number of methoxy groups -OCH3 is 2. The SMILES string of the molecule is COc1ccc(C(O)CNC(=O)CCCN2C(=O)c3ccccc3C2=O)cc1OC. The molecule has 2 aromatic rings. The van der Waals surface area contributed by atoms with E-state index in [-0.39, 0.29) is 37.2 Å². The zero-order chi connectivity index (χ0) is 21.7. The molecule has 8 heteroatoms. The largest absolute Gasteiger partial charge is 0.493 e. The molecular formula is C22H24N2O6. The van der Waals surface area contributed by atoms with Crippen LogP contribution in [0, 0.1) is 0 Å². The second-order valence-electron chi connectivity index (χ2n) is 6.85. The van der Waals surface area contributed by atoms with Crippen molar-refractivity contribution < 1.29 is 29.0 Å². The summed E-state index contributed by atoms with van der Waals surface area (Å²) in [6.45, 7) is 0.194. The molecule has 2 aromatic carbocycles. The summed E-state index contributed by atoms with van der Waals surface area (Å²) in [6, 6.07) is 11.7. The highest BCUT2D eigenvalue weighted by molar-refractivity contribution is 6.21. The van der Waals surface area contributed by atoms with Crippen LogP contribution in [-0.4, -0.2) is 55.0 Å². The fourth-order valence-electron chi connectivity index (χ4n) is 3.32. The Hall–Kier alpha value is -3.39. The van der Waals surface area contributed by atoms with Crippen molar-refractivity contribution in [1.82, 2.24) is 10.2 Å². The number of aliphatic hydroxyl groups excluding tert-OH is 1. The molecule has 0 saturated carbocycles. The predicted molar refractivity (Wildman–Crippen MR) is 109 cm³/mol. The van der Waals surface area contributed by atoms with Gasteiger partial charge < -0.3 is 19.9 Å². The maximum Gasteiger partial charge on any atom is 0.261 e. The quantitative estimate of drug-likeness (QED) is 0.610. The van der Waals surface area contributed by atoms with Gasteiger partial charge in [-0.05, 0) is 36.2 Å². The topological polar surface area (TPSA) is 105 Å². The summed E-state index contributed by atoms with van der Waals surface area (Å²) >= 11 is 0. The number of hydrogen-bond donors (Lipinski definition) is 2. The van der Waals surface area contributed by atoms with Gasteiger partial charge in [0, 0.05) is 19.5 Å². The molecule has 1 atom stereocenters. The average molecular weight is 412 g/mol. The van der Waals surface area contributed by atoms with Crippen LogP contribution in [0.15, 0.2) is 42.5 Å². The third-order valence-corrected chi connectivity index (χ3v) is 4.95. The smallest absolute Gasteiger partial charge is 0.261 e. The second kappa shape index (κ2) is 9.41. The number of hydrogen-bond acceptors (Lipinski definition) is 6. The van der Waals surface area contributed by atoms with Gasteiger partial charge in [0.1, 0.15) is 0 Å². The number of nitrogens with zero attached hydrogens (tertiary/aromatic N) is 1. The van der Waals surface area contributed by atoms with Crippen molar-refractivity contribution in [2.24, 2.45) is 0 Å². The van der Waals surface area contributed by atoms with E-state index < -0.39 is 6.10 Å². The van der Waals surface area contributed by atoms with E-state index in [0.29, 0.717) is 34.6 Å². The van der Waals surface area contributed by atoms with Crippen LogP contribution in [0.1, 0.15) is 45.2 Å². The maximum absolute atomic E-state index is 12.3. The van der Waals surface area contributed by atoms with E-state index in [1.165, 1.54) is 14.2 Å². The third-order valence-electron chi connectivity index (χ3n) is 4.95. The van der Waals surface area contributed by atoms with E-state index >= 15 is 0 Å². The molecule has 0 aromatic heterocycles. The Morgan fingerprint density at radius 3 is 2.27 bits per heavy atom. The summed E-state index contributed by atoms with van der Waals surface area (Å²) in [4.78, 5) is 37.9. The van der Waals surface area contributed by atoms with Gasteiger partial charge in [0.2, 0.25) is 5.91 Å². The van der Waals surface area contributed by atoms with Gasteiger partial charge >= 0.3 is 0 Å². The van der Waals surface area contributed by atoms with Gasteiger partial charge in [-0.2, -0.15) is 0 Å². The van der Waals surface area contributed by atoms with Crippen LogP contribution in [0.25, 0.3) is 0 Å². The van der Waals surface area contributed by atoms with Gasteiger partial charge in [0.15, 0.2) is 11.5 Å². The van der Waals surface area contributed by atoms with Gasteiger partial charge in [-0.1, -0.05) is 18.2 Å². The van der Waals surface area contributed by atoms with Crippen molar-refractivity contribution in [3.05, 3.63) is 59.2 Å². The molecular weight excluding hydrogens is 388 g/mol. The van der Waals surface area contributed by atoms with Crippen LogP contribution in [0.2, 0.25) is 0 Å². The highest BCUT2D eigenvalue weighted by Gasteiger charge is 2.34. The molecule has 1 aliphatic heterocycles. The minimum atomic E-state index is -0.912. The molecule has 3 rings (SSSR count).